The number of likely N-dealkylation sites (N-methyl/N-ethyl adjacent to an activating group) is 1. The van der Waals surface area contributed by atoms with E-state index < -0.39 is 0 Å². The highest BCUT2D eigenvalue weighted by atomic mass is 16.5. The molecule has 2 fully saturated rings. The predicted octanol–water partition coefficient (Wildman–Crippen LogP) is 3.17. The molecule has 0 spiro atoms. The highest BCUT2D eigenvalue weighted by Crippen LogP contribution is 2.39. The lowest BCUT2D eigenvalue weighted by Gasteiger charge is -2.41. The Morgan fingerprint density at radius 3 is 2.92 bits per heavy atom. The number of aryl methyl sites for hydroxylation is 1. The van der Waals surface area contributed by atoms with Crippen LogP contribution in [0.5, 0.6) is 6.01 Å². The number of carbonyl (C=O) groups is 1. The number of aromatic nitrogens is 4. The lowest BCUT2D eigenvalue weighted by molar-refractivity contribution is -0.128. The summed E-state index contributed by atoms with van der Waals surface area (Å²) < 4.78 is 12.8. The van der Waals surface area contributed by atoms with Crippen molar-refractivity contribution in [3.63, 3.8) is 0 Å². The standard InChI is InChI=1S/C29H37N7O3/c1-5-26(37)36-12-11-35(15-19(36)3)28-22-17-38-25(27-18(2)8-9-23-21(27)14-30-33-23)13-24(22)31-29(32-28)39-16-20-7-6-10-34(20)4/h5,8-9,14,19-20,25H,1,6-7,10-13,15-17H2,2-4H3,(H,30,33)/t19-,20?,25?/m1/s1. The van der Waals surface area contributed by atoms with Gasteiger partial charge in [-0.05, 0) is 63.6 Å². The molecule has 5 heterocycles. The first-order valence-electron chi connectivity index (χ1n) is 13.9. The number of aromatic amines is 1. The van der Waals surface area contributed by atoms with Crippen molar-refractivity contribution < 1.29 is 14.3 Å². The molecule has 0 bridgehead atoms. The van der Waals surface area contributed by atoms with Gasteiger partial charge in [-0.15, -0.1) is 0 Å². The zero-order chi connectivity index (χ0) is 27.1. The molecule has 2 saturated heterocycles. The Kier molecular flexibility index (Phi) is 6.99. The van der Waals surface area contributed by atoms with Crippen LogP contribution in [0.2, 0.25) is 0 Å². The summed E-state index contributed by atoms with van der Waals surface area (Å²) in [5.41, 5.74) is 5.28. The average Bonchev–Trinajstić information content (AvgIpc) is 3.59. The number of piperazine rings is 1. The molecular weight excluding hydrogens is 494 g/mol. The topological polar surface area (TPSA) is 99.7 Å². The van der Waals surface area contributed by atoms with Gasteiger partial charge in [0, 0.05) is 49.1 Å². The zero-order valence-corrected chi connectivity index (χ0v) is 23.0. The number of hydrogen-bond donors (Lipinski definition) is 1. The molecule has 3 aromatic rings. The second kappa shape index (κ2) is 10.6. The summed E-state index contributed by atoms with van der Waals surface area (Å²) in [6.45, 7) is 11.9. The van der Waals surface area contributed by atoms with E-state index in [9.17, 15) is 4.79 Å². The van der Waals surface area contributed by atoms with Crippen LogP contribution >= 0.6 is 0 Å². The van der Waals surface area contributed by atoms with Crippen LogP contribution in [0.1, 0.15) is 48.3 Å². The number of hydrogen-bond acceptors (Lipinski definition) is 8. The summed E-state index contributed by atoms with van der Waals surface area (Å²) in [5, 5.41) is 8.42. The lowest BCUT2D eigenvalue weighted by atomic mass is 9.93. The molecular formula is C29H37N7O3. The number of nitrogens with one attached hydrogen (secondary N) is 1. The molecule has 2 aromatic heterocycles. The van der Waals surface area contributed by atoms with Crippen molar-refractivity contribution in [2.24, 2.45) is 0 Å². The van der Waals surface area contributed by atoms with Gasteiger partial charge in [0.1, 0.15) is 12.4 Å². The zero-order valence-electron chi connectivity index (χ0n) is 23.0. The number of ether oxygens (including phenoxy) is 2. The van der Waals surface area contributed by atoms with Gasteiger partial charge in [0.25, 0.3) is 0 Å². The minimum atomic E-state index is -0.142. The smallest absolute Gasteiger partial charge is 0.318 e. The number of likely N-dealkylation sites (tertiary alicyclic amines) is 1. The van der Waals surface area contributed by atoms with E-state index in [0.717, 1.165) is 46.5 Å². The third-order valence-electron chi connectivity index (χ3n) is 8.52. The Labute approximate surface area is 229 Å². The number of carbonyl (C=O) groups excluding carboxylic acids is 1. The van der Waals surface area contributed by atoms with E-state index in [1.165, 1.54) is 18.1 Å². The largest absolute Gasteiger partial charge is 0.462 e. The summed E-state index contributed by atoms with van der Waals surface area (Å²) in [6.07, 6.45) is 6.05. The van der Waals surface area contributed by atoms with Crippen LogP contribution in [0.25, 0.3) is 10.9 Å². The van der Waals surface area contributed by atoms with Crippen LogP contribution in [0, 0.1) is 6.92 Å². The van der Waals surface area contributed by atoms with Gasteiger partial charge in [-0.2, -0.15) is 15.1 Å². The summed E-state index contributed by atoms with van der Waals surface area (Å²) in [5.74, 6) is 0.815. The third-order valence-corrected chi connectivity index (χ3v) is 8.52. The van der Waals surface area contributed by atoms with Crippen LogP contribution in [0.15, 0.2) is 31.0 Å². The molecule has 0 radical (unpaired) electrons. The highest BCUT2D eigenvalue weighted by Gasteiger charge is 2.33. The Morgan fingerprint density at radius 1 is 1.28 bits per heavy atom. The Bertz CT molecular complexity index is 1390. The van der Waals surface area contributed by atoms with Crippen molar-refractivity contribution in [3.8, 4) is 6.01 Å². The van der Waals surface area contributed by atoms with Crippen molar-refractivity contribution in [1.29, 1.82) is 0 Å². The van der Waals surface area contributed by atoms with Gasteiger partial charge < -0.3 is 24.2 Å². The number of amides is 1. The van der Waals surface area contributed by atoms with Crippen LogP contribution < -0.4 is 9.64 Å². The average molecular weight is 532 g/mol. The van der Waals surface area contributed by atoms with Crippen molar-refractivity contribution in [1.82, 2.24) is 30.0 Å². The van der Waals surface area contributed by atoms with E-state index in [2.05, 4.69) is 59.6 Å². The van der Waals surface area contributed by atoms with Crippen molar-refractivity contribution in [3.05, 3.63) is 53.4 Å². The molecule has 0 aliphatic carbocycles. The molecule has 10 heteroatoms. The predicted molar refractivity (Wildman–Crippen MR) is 149 cm³/mol. The summed E-state index contributed by atoms with van der Waals surface area (Å²) in [7, 11) is 2.15. The van der Waals surface area contributed by atoms with Crippen LogP contribution in [0.4, 0.5) is 5.82 Å². The van der Waals surface area contributed by atoms with E-state index in [0.29, 0.717) is 51.3 Å². The van der Waals surface area contributed by atoms with E-state index in [-0.39, 0.29) is 18.1 Å². The van der Waals surface area contributed by atoms with Gasteiger partial charge >= 0.3 is 6.01 Å². The number of H-pyrrole nitrogens is 1. The molecule has 3 atom stereocenters. The Hall–Kier alpha value is -3.50. The van der Waals surface area contributed by atoms with E-state index >= 15 is 0 Å². The molecule has 0 saturated carbocycles. The molecule has 3 aliphatic heterocycles. The number of fused-ring (bicyclic) bond motifs is 2. The minimum absolute atomic E-state index is 0.0324. The number of anilines is 1. The second-order valence-corrected chi connectivity index (χ2v) is 11.0. The molecule has 206 valence electrons. The SMILES string of the molecule is C=CC(=O)N1CCN(c2nc(OCC3CCCN3C)nc3c2COC(c2c(C)ccc4[nH]ncc24)C3)C[C@H]1C. The van der Waals surface area contributed by atoms with Gasteiger partial charge in [-0.25, -0.2) is 0 Å². The molecule has 1 aromatic carbocycles. The fraction of sp³-hybridized carbons (Fsp3) is 0.517. The second-order valence-electron chi connectivity index (χ2n) is 11.0. The van der Waals surface area contributed by atoms with Crippen LogP contribution in [0.3, 0.4) is 0 Å². The molecule has 1 N–H and O–H groups in total. The van der Waals surface area contributed by atoms with Crippen LogP contribution in [-0.4, -0.2) is 87.8 Å². The molecule has 1 amide bonds. The molecule has 3 aliphatic rings. The summed E-state index contributed by atoms with van der Waals surface area (Å²) in [6, 6.07) is 4.99. The molecule has 2 unspecified atom stereocenters. The van der Waals surface area contributed by atoms with Gasteiger partial charge in [0.15, 0.2) is 0 Å². The molecule has 39 heavy (non-hydrogen) atoms. The fourth-order valence-corrected chi connectivity index (χ4v) is 6.27. The van der Waals surface area contributed by atoms with Crippen LogP contribution in [-0.2, 0) is 22.6 Å². The van der Waals surface area contributed by atoms with E-state index in [1.54, 1.807) is 0 Å². The van der Waals surface area contributed by atoms with E-state index in [4.69, 9.17) is 19.4 Å². The maximum absolute atomic E-state index is 12.3. The van der Waals surface area contributed by atoms with Gasteiger partial charge in [-0.1, -0.05) is 12.6 Å². The third kappa shape index (κ3) is 4.87. The number of benzene rings is 1. The summed E-state index contributed by atoms with van der Waals surface area (Å²) in [4.78, 5) is 28.7. The number of nitrogens with zero attached hydrogens (tertiary/aromatic N) is 6. The quantitative estimate of drug-likeness (QED) is 0.485. The maximum Gasteiger partial charge on any atom is 0.318 e. The van der Waals surface area contributed by atoms with Gasteiger partial charge in [0.2, 0.25) is 5.91 Å². The van der Waals surface area contributed by atoms with Crippen molar-refractivity contribution >= 4 is 22.6 Å². The van der Waals surface area contributed by atoms with E-state index in [1.807, 2.05) is 11.1 Å². The summed E-state index contributed by atoms with van der Waals surface area (Å²) >= 11 is 0. The lowest BCUT2D eigenvalue weighted by Crippen LogP contribution is -2.54. The first-order chi connectivity index (χ1) is 18.9. The monoisotopic (exact) mass is 531 g/mol. The maximum atomic E-state index is 12.3. The Morgan fingerprint density at radius 2 is 2.15 bits per heavy atom. The number of rotatable bonds is 6. The first kappa shape index (κ1) is 25.8. The highest BCUT2D eigenvalue weighted by molar-refractivity contribution is 5.87. The molecule has 6 rings (SSSR count). The minimum Gasteiger partial charge on any atom is -0.462 e. The van der Waals surface area contributed by atoms with Crippen molar-refractivity contribution in [2.45, 2.75) is 57.9 Å². The molecule has 10 nitrogen and oxygen atoms in total. The van der Waals surface area contributed by atoms with Crippen molar-refractivity contribution in [2.75, 3.05) is 44.7 Å². The first-order valence-corrected chi connectivity index (χ1v) is 13.9. The fourth-order valence-electron chi connectivity index (χ4n) is 6.27. The normalized spacial score (nSPS) is 23.7. The van der Waals surface area contributed by atoms with Gasteiger partial charge in [-0.3, -0.25) is 9.89 Å². The van der Waals surface area contributed by atoms with Gasteiger partial charge in [0.05, 0.1) is 30.1 Å². The Balaban J connectivity index is 1.32.